The van der Waals surface area contributed by atoms with E-state index in [2.05, 4.69) is 25.1 Å². The van der Waals surface area contributed by atoms with Gasteiger partial charge in [0.05, 0.1) is 5.92 Å². The number of anilines is 1. The number of nitrogens with zero attached hydrogens (tertiary/aromatic N) is 6. The van der Waals surface area contributed by atoms with Gasteiger partial charge in [0.2, 0.25) is 17.7 Å². The molecule has 0 aliphatic carbocycles. The van der Waals surface area contributed by atoms with Crippen molar-refractivity contribution in [3.05, 3.63) is 29.7 Å². The Balaban J connectivity index is 1.79. The smallest absolute Gasteiger partial charge is 0.226 e. The Labute approximate surface area is 116 Å². The molecule has 2 aromatic heterocycles. The van der Waals surface area contributed by atoms with Crippen LogP contribution in [-0.2, 0) is 0 Å². The fourth-order valence-electron chi connectivity index (χ4n) is 2.40. The van der Waals surface area contributed by atoms with Crippen LogP contribution in [0, 0.1) is 18.3 Å². The van der Waals surface area contributed by atoms with E-state index in [4.69, 9.17) is 9.68 Å². The van der Waals surface area contributed by atoms with Crippen molar-refractivity contribution in [2.75, 3.05) is 18.0 Å². The minimum Gasteiger partial charge on any atom is -0.425 e. The van der Waals surface area contributed by atoms with Gasteiger partial charge in [-0.25, -0.2) is 9.97 Å². The standard InChI is InChI=1S/C13H14N6O/c1-9-17-18-12(20-9)10-3-2-6-19(8-10)13-15-5-4-11(7-14)16-13/h4-5,10H,2-3,6,8H2,1H3. The Kier molecular flexibility index (Phi) is 3.29. The highest BCUT2D eigenvalue weighted by atomic mass is 16.4. The lowest BCUT2D eigenvalue weighted by Gasteiger charge is -2.30. The van der Waals surface area contributed by atoms with Crippen LogP contribution < -0.4 is 4.90 Å². The zero-order valence-electron chi connectivity index (χ0n) is 11.2. The van der Waals surface area contributed by atoms with Gasteiger partial charge in [-0.2, -0.15) is 5.26 Å². The molecule has 0 N–H and O–H groups in total. The van der Waals surface area contributed by atoms with Crippen molar-refractivity contribution in [3.63, 3.8) is 0 Å². The molecule has 1 unspecified atom stereocenters. The molecule has 1 fully saturated rings. The molecule has 0 saturated carbocycles. The Morgan fingerprint density at radius 3 is 3.10 bits per heavy atom. The van der Waals surface area contributed by atoms with Crippen molar-refractivity contribution < 1.29 is 4.42 Å². The van der Waals surface area contributed by atoms with Crippen molar-refractivity contribution in [3.8, 4) is 6.07 Å². The van der Waals surface area contributed by atoms with E-state index in [-0.39, 0.29) is 5.92 Å². The minimum absolute atomic E-state index is 0.194. The zero-order chi connectivity index (χ0) is 13.9. The van der Waals surface area contributed by atoms with E-state index in [1.54, 1.807) is 19.2 Å². The summed E-state index contributed by atoms with van der Waals surface area (Å²) >= 11 is 0. The first-order valence-electron chi connectivity index (χ1n) is 6.54. The summed E-state index contributed by atoms with van der Waals surface area (Å²) < 4.78 is 5.51. The molecule has 1 aliphatic rings. The monoisotopic (exact) mass is 270 g/mol. The molecule has 7 heteroatoms. The van der Waals surface area contributed by atoms with Gasteiger partial charge in [0.25, 0.3) is 0 Å². The van der Waals surface area contributed by atoms with E-state index >= 15 is 0 Å². The normalized spacial score (nSPS) is 18.8. The highest BCUT2D eigenvalue weighted by Crippen LogP contribution is 2.27. The summed E-state index contributed by atoms with van der Waals surface area (Å²) in [5.74, 6) is 2.03. The van der Waals surface area contributed by atoms with Crippen LogP contribution >= 0.6 is 0 Å². The molecule has 102 valence electrons. The Morgan fingerprint density at radius 2 is 2.35 bits per heavy atom. The molecular formula is C13H14N6O. The van der Waals surface area contributed by atoms with Crippen molar-refractivity contribution in [2.45, 2.75) is 25.7 Å². The number of nitriles is 1. The van der Waals surface area contributed by atoms with Crippen molar-refractivity contribution in [1.82, 2.24) is 20.2 Å². The predicted molar refractivity (Wildman–Crippen MR) is 70.0 cm³/mol. The van der Waals surface area contributed by atoms with Gasteiger partial charge in [0, 0.05) is 26.2 Å². The van der Waals surface area contributed by atoms with Gasteiger partial charge in [0.15, 0.2) is 0 Å². The SMILES string of the molecule is Cc1nnc(C2CCCN(c3nccc(C#N)n3)C2)o1. The fraction of sp³-hybridized carbons (Fsp3) is 0.462. The Hall–Kier alpha value is -2.49. The van der Waals surface area contributed by atoms with Gasteiger partial charge in [-0.15, -0.1) is 10.2 Å². The van der Waals surface area contributed by atoms with Crippen molar-refractivity contribution in [2.24, 2.45) is 0 Å². The lowest BCUT2D eigenvalue weighted by atomic mass is 9.98. The van der Waals surface area contributed by atoms with Crippen LogP contribution in [0.15, 0.2) is 16.7 Å². The molecule has 3 rings (SSSR count). The van der Waals surface area contributed by atoms with Crippen LogP contribution in [0.3, 0.4) is 0 Å². The maximum atomic E-state index is 8.90. The largest absolute Gasteiger partial charge is 0.425 e. The number of aromatic nitrogens is 4. The molecule has 7 nitrogen and oxygen atoms in total. The third-order valence-electron chi connectivity index (χ3n) is 3.35. The van der Waals surface area contributed by atoms with Crippen LogP contribution in [0.1, 0.15) is 36.2 Å². The molecule has 0 bridgehead atoms. The van der Waals surface area contributed by atoms with E-state index in [0.29, 0.717) is 23.4 Å². The summed E-state index contributed by atoms with van der Waals surface area (Å²) in [4.78, 5) is 10.5. The summed E-state index contributed by atoms with van der Waals surface area (Å²) in [6, 6.07) is 3.64. The van der Waals surface area contributed by atoms with Crippen LogP contribution in [0.5, 0.6) is 0 Å². The molecule has 3 heterocycles. The van der Waals surface area contributed by atoms with Crippen LogP contribution in [-0.4, -0.2) is 33.3 Å². The molecule has 0 amide bonds. The molecule has 0 spiro atoms. The highest BCUT2D eigenvalue weighted by Gasteiger charge is 2.26. The summed E-state index contributed by atoms with van der Waals surface area (Å²) in [5, 5.41) is 16.9. The van der Waals surface area contributed by atoms with Crippen LogP contribution in [0.25, 0.3) is 0 Å². The molecular weight excluding hydrogens is 256 g/mol. The van der Waals surface area contributed by atoms with E-state index in [1.807, 2.05) is 6.07 Å². The second kappa shape index (κ2) is 5.25. The van der Waals surface area contributed by atoms with Crippen molar-refractivity contribution >= 4 is 5.95 Å². The Morgan fingerprint density at radius 1 is 1.45 bits per heavy atom. The Bertz CT molecular complexity index is 646. The van der Waals surface area contributed by atoms with Gasteiger partial charge in [-0.05, 0) is 18.9 Å². The van der Waals surface area contributed by atoms with E-state index in [9.17, 15) is 0 Å². The molecule has 2 aromatic rings. The average Bonchev–Trinajstić information content (AvgIpc) is 2.94. The summed E-state index contributed by atoms with van der Waals surface area (Å²) in [6.07, 6.45) is 3.63. The highest BCUT2D eigenvalue weighted by molar-refractivity contribution is 5.34. The number of hydrogen-bond donors (Lipinski definition) is 0. The number of rotatable bonds is 2. The zero-order valence-corrected chi connectivity index (χ0v) is 11.2. The molecule has 20 heavy (non-hydrogen) atoms. The molecule has 0 aromatic carbocycles. The third kappa shape index (κ3) is 2.45. The first-order valence-corrected chi connectivity index (χ1v) is 6.54. The maximum absolute atomic E-state index is 8.90. The van der Waals surface area contributed by atoms with Gasteiger partial charge < -0.3 is 9.32 Å². The lowest BCUT2D eigenvalue weighted by Crippen LogP contribution is -2.35. The summed E-state index contributed by atoms with van der Waals surface area (Å²) in [5.41, 5.74) is 0.380. The first kappa shape index (κ1) is 12.5. The van der Waals surface area contributed by atoms with Gasteiger partial charge in [-0.3, -0.25) is 0 Å². The second-order valence-electron chi connectivity index (χ2n) is 4.80. The van der Waals surface area contributed by atoms with Gasteiger partial charge >= 0.3 is 0 Å². The van der Waals surface area contributed by atoms with Gasteiger partial charge in [-0.1, -0.05) is 0 Å². The predicted octanol–water partition coefficient (Wildman–Crippen LogP) is 1.42. The maximum Gasteiger partial charge on any atom is 0.226 e. The summed E-state index contributed by atoms with van der Waals surface area (Å²) in [7, 11) is 0. The fourth-order valence-corrected chi connectivity index (χ4v) is 2.40. The van der Waals surface area contributed by atoms with Crippen molar-refractivity contribution in [1.29, 1.82) is 5.26 Å². The lowest BCUT2D eigenvalue weighted by molar-refractivity contribution is 0.386. The topological polar surface area (TPSA) is 91.7 Å². The number of hydrogen-bond acceptors (Lipinski definition) is 7. The molecule has 1 saturated heterocycles. The van der Waals surface area contributed by atoms with E-state index in [0.717, 1.165) is 25.9 Å². The van der Waals surface area contributed by atoms with E-state index in [1.165, 1.54) is 0 Å². The first-order chi connectivity index (χ1) is 9.76. The molecule has 1 aliphatic heterocycles. The van der Waals surface area contributed by atoms with Crippen LogP contribution in [0.4, 0.5) is 5.95 Å². The summed E-state index contributed by atoms with van der Waals surface area (Å²) in [6.45, 7) is 3.39. The number of piperidine rings is 1. The quantitative estimate of drug-likeness (QED) is 0.814. The van der Waals surface area contributed by atoms with Gasteiger partial charge in [0.1, 0.15) is 11.8 Å². The minimum atomic E-state index is 0.194. The van der Waals surface area contributed by atoms with E-state index < -0.39 is 0 Å². The third-order valence-corrected chi connectivity index (χ3v) is 3.35. The average molecular weight is 270 g/mol. The number of aryl methyl sites for hydroxylation is 1. The van der Waals surface area contributed by atoms with Crippen LogP contribution in [0.2, 0.25) is 0 Å². The molecule has 1 atom stereocenters. The molecule has 0 radical (unpaired) electrons. The second-order valence-corrected chi connectivity index (χ2v) is 4.80.